The highest BCUT2D eigenvalue weighted by atomic mass is 19.1. The van der Waals surface area contributed by atoms with Crippen LogP contribution in [0, 0.1) is 0 Å². The van der Waals surface area contributed by atoms with E-state index in [9.17, 15) is 4.39 Å². The van der Waals surface area contributed by atoms with Crippen LogP contribution in [0.2, 0.25) is 0 Å². The SMILES string of the molecule is CN(C)CCCNCCC(F)=C1CCCCC1. The molecule has 2 nitrogen and oxygen atoms in total. The third kappa shape index (κ3) is 6.79. The fraction of sp³-hybridized carbons (Fsp3) is 0.857. The minimum atomic E-state index is 0.157. The van der Waals surface area contributed by atoms with Gasteiger partial charge in [-0.1, -0.05) is 6.42 Å². The average Bonchev–Trinajstić information content (AvgIpc) is 2.34. The van der Waals surface area contributed by atoms with E-state index < -0.39 is 0 Å². The molecule has 0 unspecified atom stereocenters. The molecule has 1 saturated carbocycles. The topological polar surface area (TPSA) is 15.3 Å². The van der Waals surface area contributed by atoms with Gasteiger partial charge in [-0.3, -0.25) is 0 Å². The van der Waals surface area contributed by atoms with Gasteiger partial charge >= 0.3 is 0 Å². The molecule has 0 aromatic carbocycles. The summed E-state index contributed by atoms with van der Waals surface area (Å²) >= 11 is 0. The first-order chi connectivity index (χ1) is 8.20. The van der Waals surface area contributed by atoms with Crippen molar-refractivity contribution in [3.05, 3.63) is 11.4 Å². The molecule has 0 aromatic heterocycles. The van der Waals surface area contributed by atoms with Gasteiger partial charge in [0.25, 0.3) is 0 Å². The van der Waals surface area contributed by atoms with Crippen LogP contribution in [0.5, 0.6) is 0 Å². The molecule has 1 N–H and O–H groups in total. The first kappa shape index (κ1) is 14.7. The summed E-state index contributed by atoms with van der Waals surface area (Å²) in [5.41, 5.74) is 1.09. The van der Waals surface area contributed by atoms with Gasteiger partial charge in [-0.05, 0) is 64.9 Å². The number of rotatable bonds is 7. The Morgan fingerprint density at radius 1 is 1.18 bits per heavy atom. The number of hydrogen-bond donors (Lipinski definition) is 1. The summed E-state index contributed by atoms with van der Waals surface area (Å²) in [5, 5.41) is 3.31. The van der Waals surface area contributed by atoms with Crippen LogP contribution in [0.1, 0.15) is 44.9 Å². The normalized spacial score (nSPS) is 16.6. The molecule has 0 spiro atoms. The number of hydrogen-bond acceptors (Lipinski definition) is 2. The van der Waals surface area contributed by atoms with Crippen molar-refractivity contribution in [3.8, 4) is 0 Å². The van der Waals surface area contributed by atoms with Gasteiger partial charge in [0.15, 0.2) is 0 Å². The maximum atomic E-state index is 13.8. The van der Waals surface area contributed by atoms with Gasteiger partial charge in [-0.2, -0.15) is 0 Å². The minimum absolute atomic E-state index is 0.157. The Labute approximate surface area is 105 Å². The Bertz CT molecular complexity index is 228. The molecule has 1 aliphatic rings. The van der Waals surface area contributed by atoms with Crippen molar-refractivity contribution in [3.63, 3.8) is 0 Å². The maximum absolute atomic E-state index is 13.8. The van der Waals surface area contributed by atoms with Crippen molar-refractivity contribution >= 4 is 0 Å². The lowest BCUT2D eigenvalue weighted by molar-refractivity contribution is 0.393. The Morgan fingerprint density at radius 2 is 1.88 bits per heavy atom. The third-order valence-corrected chi connectivity index (χ3v) is 3.32. The van der Waals surface area contributed by atoms with Gasteiger partial charge in [-0.15, -0.1) is 0 Å². The van der Waals surface area contributed by atoms with E-state index in [4.69, 9.17) is 0 Å². The van der Waals surface area contributed by atoms with Crippen molar-refractivity contribution in [2.45, 2.75) is 44.9 Å². The molecule has 0 bridgehead atoms. The Morgan fingerprint density at radius 3 is 2.53 bits per heavy atom. The molecule has 3 heteroatoms. The summed E-state index contributed by atoms with van der Waals surface area (Å²) in [6, 6.07) is 0. The summed E-state index contributed by atoms with van der Waals surface area (Å²) in [7, 11) is 4.15. The van der Waals surface area contributed by atoms with E-state index in [1.165, 1.54) is 19.3 Å². The van der Waals surface area contributed by atoms with Crippen molar-refractivity contribution in [1.82, 2.24) is 10.2 Å². The molecule has 0 radical (unpaired) electrons. The molecule has 17 heavy (non-hydrogen) atoms. The predicted molar refractivity (Wildman–Crippen MR) is 71.9 cm³/mol. The second-order valence-electron chi connectivity index (χ2n) is 5.23. The molecule has 0 atom stereocenters. The van der Waals surface area contributed by atoms with Crippen LogP contribution in [0.25, 0.3) is 0 Å². The number of allylic oxidation sites excluding steroid dienone is 1. The van der Waals surface area contributed by atoms with Gasteiger partial charge in [0, 0.05) is 13.0 Å². The van der Waals surface area contributed by atoms with E-state index >= 15 is 0 Å². The second kappa shape index (κ2) is 8.65. The molecule has 1 rings (SSSR count). The minimum Gasteiger partial charge on any atom is -0.316 e. The van der Waals surface area contributed by atoms with Crippen LogP contribution in [0.15, 0.2) is 11.4 Å². The number of nitrogens with one attached hydrogen (secondary N) is 1. The lowest BCUT2D eigenvalue weighted by Gasteiger charge is -2.15. The lowest BCUT2D eigenvalue weighted by Crippen LogP contribution is -2.22. The van der Waals surface area contributed by atoms with Gasteiger partial charge in [0.05, 0.1) is 0 Å². The molecule has 0 saturated heterocycles. The molecular weight excluding hydrogens is 215 g/mol. The average molecular weight is 242 g/mol. The molecule has 1 aliphatic carbocycles. The van der Waals surface area contributed by atoms with Gasteiger partial charge in [0.2, 0.25) is 0 Å². The molecular formula is C14H27FN2. The van der Waals surface area contributed by atoms with Crippen LogP contribution >= 0.6 is 0 Å². The first-order valence-electron chi connectivity index (χ1n) is 6.92. The Hall–Kier alpha value is -0.410. The highest BCUT2D eigenvalue weighted by Crippen LogP contribution is 2.27. The zero-order valence-electron chi connectivity index (χ0n) is 11.4. The van der Waals surface area contributed by atoms with E-state index in [1.807, 2.05) is 0 Å². The Kier molecular flexibility index (Phi) is 7.45. The molecule has 100 valence electrons. The summed E-state index contributed by atoms with van der Waals surface area (Å²) in [4.78, 5) is 2.17. The lowest BCUT2D eigenvalue weighted by atomic mass is 9.93. The van der Waals surface area contributed by atoms with Crippen LogP contribution < -0.4 is 5.32 Å². The van der Waals surface area contributed by atoms with Crippen LogP contribution in [-0.2, 0) is 0 Å². The van der Waals surface area contributed by atoms with Crippen LogP contribution in [0.3, 0.4) is 0 Å². The molecule has 0 amide bonds. The monoisotopic (exact) mass is 242 g/mol. The fourth-order valence-electron chi connectivity index (χ4n) is 2.27. The quantitative estimate of drug-likeness (QED) is 0.690. The fourth-order valence-corrected chi connectivity index (χ4v) is 2.27. The number of nitrogens with zero attached hydrogens (tertiary/aromatic N) is 1. The largest absolute Gasteiger partial charge is 0.316 e. The van der Waals surface area contributed by atoms with Crippen molar-refractivity contribution in [2.75, 3.05) is 33.7 Å². The zero-order chi connectivity index (χ0) is 12.5. The zero-order valence-corrected chi connectivity index (χ0v) is 11.4. The standard InChI is InChI=1S/C14H27FN2/c1-17(2)12-6-10-16-11-9-14(15)13-7-4-3-5-8-13/h16H,3-12H2,1-2H3. The summed E-state index contributed by atoms with van der Waals surface area (Å²) in [6.07, 6.45) is 7.33. The Balaban J connectivity index is 2.05. The molecule has 1 fully saturated rings. The van der Waals surface area contributed by atoms with Crippen molar-refractivity contribution < 1.29 is 4.39 Å². The van der Waals surface area contributed by atoms with Gasteiger partial charge in [0.1, 0.15) is 5.83 Å². The maximum Gasteiger partial charge on any atom is 0.100 e. The second-order valence-corrected chi connectivity index (χ2v) is 5.23. The van der Waals surface area contributed by atoms with E-state index in [0.717, 1.165) is 44.5 Å². The van der Waals surface area contributed by atoms with Crippen LogP contribution in [-0.4, -0.2) is 38.6 Å². The molecule has 0 heterocycles. The van der Waals surface area contributed by atoms with E-state index in [-0.39, 0.29) is 5.83 Å². The van der Waals surface area contributed by atoms with Crippen molar-refractivity contribution in [2.24, 2.45) is 0 Å². The van der Waals surface area contributed by atoms with Crippen molar-refractivity contribution in [1.29, 1.82) is 0 Å². The molecule has 0 aromatic rings. The third-order valence-electron chi connectivity index (χ3n) is 3.32. The summed E-state index contributed by atoms with van der Waals surface area (Å²) < 4.78 is 13.8. The highest BCUT2D eigenvalue weighted by Gasteiger charge is 2.10. The van der Waals surface area contributed by atoms with E-state index in [0.29, 0.717) is 6.42 Å². The predicted octanol–water partition coefficient (Wildman–Crippen LogP) is 3.11. The van der Waals surface area contributed by atoms with Crippen LogP contribution in [0.4, 0.5) is 4.39 Å². The van der Waals surface area contributed by atoms with Gasteiger partial charge in [-0.25, -0.2) is 4.39 Å². The van der Waals surface area contributed by atoms with E-state index in [1.54, 1.807) is 0 Å². The summed E-state index contributed by atoms with van der Waals surface area (Å²) in [6.45, 7) is 2.86. The van der Waals surface area contributed by atoms with E-state index in [2.05, 4.69) is 24.3 Å². The van der Waals surface area contributed by atoms with Gasteiger partial charge < -0.3 is 10.2 Å². The highest BCUT2D eigenvalue weighted by molar-refractivity contribution is 5.09. The number of halogens is 1. The molecule has 0 aliphatic heterocycles. The first-order valence-corrected chi connectivity index (χ1v) is 6.92. The smallest absolute Gasteiger partial charge is 0.100 e. The summed E-state index contributed by atoms with van der Waals surface area (Å²) in [5.74, 6) is 0.157.